The normalized spacial score (nSPS) is 24.6. The lowest BCUT2D eigenvalue weighted by Gasteiger charge is -2.38. The molecule has 6 heteroatoms. The number of imidazole rings is 1. The van der Waals surface area contributed by atoms with Gasteiger partial charge in [0.2, 0.25) is 5.91 Å². The highest BCUT2D eigenvalue weighted by Gasteiger charge is 2.30. The summed E-state index contributed by atoms with van der Waals surface area (Å²) in [5.41, 5.74) is 0. The van der Waals surface area contributed by atoms with E-state index in [1.165, 1.54) is 19.3 Å². The third-order valence-corrected chi connectivity index (χ3v) is 4.83. The number of ether oxygens (including phenoxy) is 1. The summed E-state index contributed by atoms with van der Waals surface area (Å²) < 4.78 is 5.82. The van der Waals surface area contributed by atoms with Crippen LogP contribution in [0.2, 0.25) is 0 Å². The first-order chi connectivity index (χ1) is 10.7. The number of piperazine rings is 1. The molecule has 1 aliphatic heterocycles. The first-order valence-electron chi connectivity index (χ1n) is 8.33. The molecule has 1 saturated heterocycles. The average Bonchev–Trinajstić information content (AvgIpc) is 3.08. The Morgan fingerprint density at radius 1 is 1.36 bits per heavy atom. The number of likely N-dealkylation sites (N-methyl/N-ethyl adjacent to an activating group) is 1. The number of nitrogens with one attached hydrogen (secondary N) is 1. The Bertz CT molecular complexity index is 471. The van der Waals surface area contributed by atoms with E-state index in [0.717, 1.165) is 31.8 Å². The van der Waals surface area contributed by atoms with Crippen LogP contribution in [0.25, 0.3) is 0 Å². The summed E-state index contributed by atoms with van der Waals surface area (Å²) in [7, 11) is 2.08. The highest BCUT2D eigenvalue weighted by atomic mass is 16.5. The number of carbonyl (C=O) groups excluding carboxylic acids is 1. The number of H-pyrrole nitrogens is 1. The summed E-state index contributed by atoms with van der Waals surface area (Å²) >= 11 is 0. The number of hydrogen-bond donors (Lipinski definition) is 1. The van der Waals surface area contributed by atoms with Crippen LogP contribution >= 0.6 is 0 Å². The van der Waals surface area contributed by atoms with Crippen LogP contribution in [0.5, 0.6) is 0 Å². The van der Waals surface area contributed by atoms with Crippen LogP contribution < -0.4 is 0 Å². The summed E-state index contributed by atoms with van der Waals surface area (Å²) in [6.45, 7) is 2.53. The highest BCUT2D eigenvalue weighted by molar-refractivity contribution is 5.77. The van der Waals surface area contributed by atoms with Gasteiger partial charge in [-0.3, -0.25) is 9.69 Å². The van der Waals surface area contributed by atoms with Crippen LogP contribution in [0.3, 0.4) is 0 Å². The van der Waals surface area contributed by atoms with E-state index in [1.807, 2.05) is 11.1 Å². The maximum absolute atomic E-state index is 12.4. The van der Waals surface area contributed by atoms with E-state index in [-0.39, 0.29) is 24.7 Å². The van der Waals surface area contributed by atoms with Crippen molar-refractivity contribution >= 4 is 5.91 Å². The molecule has 0 spiro atoms. The van der Waals surface area contributed by atoms with Crippen molar-refractivity contribution in [2.45, 2.75) is 44.2 Å². The maximum Gasteiger partial charge on any atom is 0.248 e. The molecule has 1 N–H and O–H groups in total. The van der Waals surface area contributed by atoms with E-state index in [9.17, 15) is 4.79 Å². The number of carbonyl (C=O) groups is 1. The van der Waals surface area contributed by atoms with Gasteiger partial charge in [0.1, 0.15) is 12.4 Å². The molecule has 0 unspecified atom stereocenters. The van der Waals surface area contributed by atoms with E-state index in [2.05, 4.69) is 21.9 Å². The molecule has 1 aromatic heterocycles. The minimum Gasteiger partial charge on any atom is -0.368 e. The molecule has 0 aromatic carbocycles. The van der Waals surface area contributed by atoms with Gasteiger partial charge in [-0.1, -0.05) is 19.3 Å². The largest absolute Gasteiger partial charge is 0.368 e. The zero-order valence-electron chi connectivity index (χ0n) is 13.3. The van der Waals surface area contributed by atoms with Crippen LogP contribution in [0.4, 0.5) is 0 Å². The zero-order valence-corrected chi connectivity index (χ0v) is 13.3. The molecule has 1 saturated carbocycles. The van der Waals surface area contributed by atoms with Crippen LogP contribution in [-0.2, 0) is 9.53 Å². The Morgan fingerprint density at radius 3 is 2.91 bits per heavy atom. The Balaban J connectivity index is 1.51. The molecule has 1 aliphatic carbocycles. The molecule has 1 aromatic rings. The summed E-state index contributed by atoms with van der Waals surface area (Å²) in [6, 6.07) is 0.141. The van der Waals surface area contributed by atoms with Gasteiger partial charge in [0.05, 0.1) is 12.1 Å². The smallest absolute Gasteiger partial charge is 0.248 e. The van der Waals surface area contributed by atoms with E-state index >= 15 is 0 Å². The maximum atomic E-state index is 12.4. The van der Waals surface area contributed by atoms with Gasteiger partial charge in [-0.05, 0) is 19.9 Å². The van der Waals surface area contributed by atoms with Crippen LogP contribution in [0, 0.1) is 0 Å². The minimum atomic E-state index is 0.107. The second-order valence-electron chi connectivity index (χ2n) is 6.38. The lowest BCUT2D eigenvalue weighted by molar-refractivity contribution is -0.141. The van der Waals surface area contributed by atoms with Crippen molar-refractivity contribution in [3.8, 4) is 0 Å². The summed E-state index contributed by atoms with van der Waals surface area (Å²) in [6.07, 6.45) is 9.84. The Hall–Kier alpha value is -1.40. The Labute approximate surface area is 131 Å². The van der Waals surface area contributed by atoms with Gasteiger partial charge in [0, 0.05) is 32.0 Å². The second kappa shape index (κ2) is 7.24. The van der Waals surface area contributed by atoms with Gasteiger partial charge in [-0.2, -0.15) is 0 Å². The molecule has 2 aliphatic rings. The van der Waals surface area contributed by atoms with Gasteiger partial charge in [-0.25, -0.2) is 4.98 Å². The monoisotopic (exact) mass is 306 g/mol. The first-order valence-corrected chi connectivity index (χ1v) is 8.33. The van der Waals surface area contributed by atoms with Crippen molar-refractivity contribution in [1.82, 2.24) is 19.8 Å². The molecule has 2 fully saturated rings. The quantitative estimate of drug-likeness (QED) is 0.917. The zero-order chi connectivity index (χ0) is 15.4. The van der Waals surface area contributed by atoms with Gasteiger partial charge in [0.15, 0.2) is 0 Å². The standard InChI is InChI=1S/C16H26N4O2/c1-19-9-10-20(11-14(19)16-17-7-8-18-16)15(21)12-22-13-5-3-2-4-6-13/h7-8,13-14H,2-6,9-12H2,1H3,(H,17,18)/t14-/m1/s1. The average molecular weight is 306 g/mol. The van der Waals surface area contributed by atoms with Crippen molar-refractivity contribution in [2.24, 2.45) is 0 Å². The second-order valence-corrected chi connectivity index (χ2v) is 6.38. The number of aromatic amines is 1. The molecule has 0 bridgehead atoms. The molecule has 2 heterocycles. The Morgan fingerprint density at radius 2 is 2.18 bits per heavy atom. The number of rotatable bonds is 4. The molecule has 3 rings (SSSR count). The van der Waals surface area contributed by atoms with Crippen molar-refractivity contribution in [2.75, 3.05) is 33.3 Å². The van der Waals surface area contributed by atoms with Gasteiger partial charge in [0.25, 0.3) is 0 Å². The van der Waals surface area contributed by atoms with Crippen LogP contribution in [-0.4, -0.2) is 65.1 Å². The molecule has 122 valence electrons. The van der Waals surface area contributed by atoms with Gasteiger partial charge < -0.3 is 14.6 Å². The third-order valence-electron chi connectivity index (χ3n) is 4.83. The van der Waals surface area contributed by atoms with Crippen molar-refractivity contribution in [3.63, 3.8) is 0 Å². The molecule has 6 nitrogen and oxygen atoms in total. The fourth-order valence-corrected chi connectivity index (χ4v) is 3.37. The number of nitrogens with zero attached hydrogens (tertiary/aromatic N) is 3. The van der Waals surface area contributed by atoms with Crippen LogP contribution in [0.1, 0.15) is 44.0 Å². The fourth-order valence-electron chi connectivity index (χ4n) is 3.37. The lowest BCUT2D eigenvalue weighted by Crippen LogP contribution is -2.50. The summed E-state index contributed by atoms with van der Waals surface area (Å²) in [5.74, 6) is 1.03. The molecule has 1 amide bonds. The molecule has 22 heavy (non-hydrogen) atoms. The SMILES string of the molecule is CN1CCN(C(=O)COC2CCCCC2)C[C@@H]1c1ncc[nH]1. The first kappa shape index (κ1) is 15.5. The third kappa shape index (κ3) is 3.67. The van der Waals surface area contributed by atoms with E-state index in [1.54, 1.807) is 6.20 Å². The van der Waals surface area contributed by atoms with Gasteiger partial charge >= 0.3 is 0 Å². The minimum absolute atomic E-state index is 0.107. The number of aromatic nitrogens is 2. The summed E-state index contributed by atoms with van der Waals surface area (Å²) in [4.78, 5) is 24.1. The van der Waals surface area contributed by atoms with Crippen molar-refractivity contribution < 1.29 is 9.53 Å². The summed E-state index contributed by atoms with van der Waals surface area (Å²) in [5, 5.41) is 0. The van der Waals surface area contributed by atoms with E-state index < -0.39 is 0 Å². The molecule has 1 atom stereocenters. The van der Waals surface area contributed by atoms with Crippen LogP contribution in [0.15, 0.2) is 12.4 Å². The Kier molecular flexibility index (Phi) is 5.10. The van der Waals surface area contributed by atoms with Crippen molar-refractivity contribution in [3.05, 3.63) is 18.2 Å². The highest BCUT2D eigenvalue weighted by Crippen LogP contribution is 2.22. The lowest BCUT2D eigenvalue weighted by atomic mass is 9.98. The molecule has 0 radical (unpaired) electrons. The van der Waals surface area contributed by atoms with E-state index in [4.69, 9.17) is 4.74 Å². The number of amides is 1. The van der Waals surface area contributed by atoms with Crippen molar-refractivity contribution in [1.29, 1.82) is 0 Å². The molecular weight excluding hydrogens is 280 g/mol. The fraction of sp³-hybridized carbons (Fsp3) is 0.750. The number of hydrogen-bond acceptors (Lipinski definition) is 4. The predicted molar refractivity (Wildman–Crippen MR) is 83.4 cm³/mol. The topological polar surface area (TPSA) is 61.5 Å². The molecular formula is C16H26N4O2. The predicted octanol–water partition coefficient (Wildman–Crippen LogP) is 1.57. The van der Waals surface area contributed by atoms with Gasteiger partial charge in [-0.15, -0.1) is 0 Å². The van der Waals surface area contributed by atoms with E-state index in [0.29, 0.717) is 6.54 Å².